The third kappa shape index (κ3) is 6.47. The number of hydrogen-bond donors (Lipinski definition) is 2. The van der Waals surface area contributed by atoms with Crippen LogP contribution in [-0.4, -0.2) is 31.7 Å². The zero-order valence-electron chi connectivity index (χ0n) is 6.82. The van der Waals surface area contributed by atoms with Gasteiger partial charge in [0.05, 0.1) is 20.2 Å². The molecule has 0 fully saturated rings. The Labute approximate surface area is 66.3 Å². The van der Waals surface area contributed by atoms with Gasteiger partial charge in [0, 0.05) is 0 Å². The molecule has 0 aliphatic rings. The quantitative estimate of drug-likeness (QED) is 0.424. The van der Waals surface area contributed by atoms with Crippen molar-refractivity contribution in [1.82, 2.24) is 0 Å². The van der Waals surface area contributed by atoms with E-state index in [0.29, 0.717) is 6.54 Å². The molecule has 0 spiro atoms. The molecule has 0 saturated heterocycles. The van der Waals surface area contributed by atoms with Gasteiger partial charge >= 0.3 is 7.82 Å². The minimum absolute atomic E-state index is 0.184. The number of phosphoric ester groups is 1. The molecule has 0 heterocycles. The van der Waals surface area contributed by atoms with Crippen LogP contribution in [0.4, 0.5) is 0 Å². The van der Waals surface area contributed by atoms with Crippen molar-refractivity contribution >= 4 is 7.82 Å². The van der Waals surface area contributed by atoms with Crippen LogP contribution in [0.3, 0.4) is 0 Å². The second-order valence-corrected chi connectivity index (χ2v) is 3.37. The molecule has 0 saturated carbocycles. The van der Waals surface area contributed by atoms with E-state index in [9.17, 15) is 4.57 Å². The number of likely N-dealkylation sites (N-methyl/N-ethyl adjacent to an activating group) is 1. The number of nitrogens with two attached hydrogens (primary N) is 1. The Morgan fingerprint density at radius 1 is 1.55 bits per heavy atom. The largest absolute Gasteiger partial charge is 0.472 e. The summed E-state index contributed by atoms with van der Waals surface area (Å²) < 4.78 is 19.8. The van der Waals surface area contributed by atoms with Gasteiger partial charge < -0.3 is 10.2 Å². The highest BCUT2D eigenvalue weighted by Gasteiger charge is 2.19. The molecule has 0 rings (SSSR count). The van der Waals surface area contributed by atoms with Crippen LogP contribution < -0.4 is 5.32 Å². The average Bonchev–Trinajstić information content (AvgIpc) is 1.87. The first-order valence-electron chi connectivity index (χ1n) is 3.52. The van der Waals surface area contributed by atoms with Crippen LogP contribution in [0.15, 0.2) is 0 Å². The lowest BCUT2D eigenvalue weighted by Crippen LogP contribution is -2.80. The molecule has 5 nitrogen and oxygen atoms in total. The smallest absolute Gasteiger partial charge is 0.347 e. The van der Waals surface area contributed by atoms with Crippen molar-refractivity contribution in [3.8, 4) is 0 Å². The molecule has 0 aliphatic carbocycles. The fourth-order valence-corrected chi connectivity index (χ4v) is 1.22. The van der Waals surface area contributed by atoms with Crippen LogP contribution >= 0.6 is 7.82 Å². The van der Waals surface area contributed by atoms with Crippen molar-refractivity contribution in [2.24, 2.45) is 0 Å². The summed E-state index contributed by atoms with van der Waals surface area (Å²) in [4.78, 5) is 8.84. The van der Waals surface area contributed by atoms with Gasteiger partial charge in [0.2, 0.25) is 0 Å². The van der Waals surface area contributed by atoms with Gasteiger partial charge in [0.1, 0.15) is 6.61 Å². The molecule has 3 N–H and O–H groups in total. The Morgan fingerprint density at radius 3 is 2.64 bits per heavy atom. The third-order valence-electron chi connectivity index (χ3n) is 0.953. The highest BCUT2D eigenvalue weighted by Crippen LogP contribution is 2.42. The van der Waals surface area contributed by atoms with E-state index in [2.05, 4.69) is 9.05 Å². The van der Waals surface area contributed by atoms with Gasteiger partial charge in [0.25, 0.3) is 0 Å². The standard InChI is InChI=1S/C5H14NO4P/c1-3-9-11(7,8)10-5-4-6-2/h6H,3-5H2,1-2H3,(H,7,8)/p+1. The Morgan fingerprint density at radius 2 is 2.18 bits per heavy atom. The molecule has 0 aliphatic heterocycles. The molecule has 0 aromatic carbocycles. The normalized spacial score (nSPS) is 16.3. The third-order valence-corrected chi connectivity index (χ3v) is 2.05. The summed E-state index contributed by atoms with van der Waals surface area (Å²) >= 11 is 0. The van der Waals surface area contributed by atoms with Crippen molar-refractivity contribution in [2.75, 3.05) is 26.8 Å². The van der Waals surface area contributed by atoms with E-state index in [1.54, 1.807) is 6.92 Å². The second kappa shape index (κ2) is 5.69. The summed E-state index contributed by atoms with van der Waals surface area (Å²) in [6.45, 7) is 2.70. The molecular weight excluding hydrogens is 169 g/mol. The molecule has 0 amide bonds. The first-order chi connectivity index (χ1) is 5.12. The number of rotatable bonds is 6. The molecule has 1 unspecified atom stereocenters. The lowest BCUT2D eigenvalue weighted by atomic mass is 10.7. The maximum Gasteiger partial charge on any atom is 0.472 e. The van der Waals surface area contributed by atoms with E-state index in [4.69, 9.17) is 4.89 Å². The maximum atomic E-state index is 10.8. The van der Waals surface area contributed by atoms with Gasteiger partial charge in [-0.05, 0) is 6.92 Å². The monoisotopic (exact) mass is 184 g/mol. The van der Waals surface area contributed by atoms with Crippen LogP contribution in [0, 0.1) is 0 Å². The van der Waals surface area contributed by atoms with Crippen molar-refractivity contribution < 1.29 is 23.8 Å². The first kappa shape index (κ1) is 11.1. The van der Waals surface area contributed by atoms with Gasteiger partial charge in [-0.25, -0.2) is 4.57 Å². The van der Waals surface area contributed by atoms with Crippen molar-refractivity contribution in [3.63, 3.8) is 0 Å². The van der Waals surface area contributed by atoms with Crippen LogP contribution in [0.2, 0.25) is 0 Å². The fraction of sp³-hybridized carbons (Fsp3) is 1.00. The topological polar surface area (TPSA) is 72.4 Å². The van der Waals surface area contributed by atoms with Crippen LogP contribution in [0.1, 0.15) is 6.92 Å². The van der Waals surface area contributed by atoms with E-state index in [1.807, 2.05) is 12.4 Å². The van der Waals surface area contributed by atoms with Crippen LogP contribution in [-0.2, 0) is 13.6 Å². The molecule has 1 atom stereocenters. The van der Waals surface area contributed by atoms with Gasteiger partial charge in [-0.1, -0.05) is 0 Å². The molecule has 6 heteroatoms. The van der Waals surface area contributed by atoms with E-state index in [1.165, 1.54) is 0 Å². The van der Waals surface area contributed by atoms with E-state index >= 15 is 0 Å². The highest BCUT2D eigenvalue weighted by molar-refractivity contribution is 7.47. The van der Waals surface area contributed by atoms with Crippen LogP contribution in [0.5, 0.6) is 0 Å². The molecule has 68 valence electrons. The summed E-state index contributed by atoms with van der Waals surface area (Å²) in [6.07, 6.45) is 0. The number of phosphoric acid groups is 1. The fourth-order valence-electron chi connectivity index (χ4n) is 0.486. The van der Waals surface area contributed by atoms with Crippen molar-refractivity contribution in [3.05, 3.63) is 0 Å². The number of hydrogen-bond acceptors (Lipinski definition) is 3. The predicted molar refractivity (Wildman–Crippen MR) is 40.1 cm³/mol. The summed E-state index contributed by atoms with van der Waals surface area (Å²) in [7, 11) is -1.89. The average molecular weight is 184 g/mol. The van der Waals surface area contributed by atoms with E-state index < -0.39 is 7.82 Å². The molecule has 0 bridgehead atoms. The molecule has 0 aromatic rings. The van der Waals surface area contributed by atoms with Crippen LogP contribution in [0.25, 0.3) is 0 Å². The predicted octanol–water partition coefficient (Wildman–Crippen LogP) is -0.667. The molecule has 0 aromatic heterocycles. The van der Waals surface area contributed by atoms with Gasteiger partial charge in [-0.2, -0.15) is 0 Å². The minimum Gasteiger partial charge on any atom is -0.347 e. The summed E-state index contributed by atoms with van der Waals surface area (Å²) in [5, 5.41) is 1.85. The second-order valence-electron chi connectivity index (χ2n) is 1.92. The van der Waals surface area contributed by atoms with Crippen molar-refractivity contribution in [2.45, 2.75) is 6.92 Å². The lowest BCUT2D eigenvalue weighted by molar-refractivity contribution is -0.627. The Hall–Kier alpha value is 0.0700. The molecule has 0 radical (unpaired) electrons. The zero-order valence-corrected chi connectivity index (χ0v) is 7.71. The van der Waals surface area contributed by atoms with E-state index in [0.717, 1.165) is 0 Å². The van der Waals surface area contributed by atoms with Gasteiger partial charge in [-0.3, -0.25) is 9.05 Å². The van der Waals surface area contributed by atoms with E-state index in [-0.39, 0.29) is 13.2 Å². The molecule has 11 heavy (non-hydrogen) atoms. The summed E-state index contributed by atoms with van der Waals surface area (Å²) in [5.41, 5.74) is 0. The zero-order chi connectivity index (χ0) is 8.74. The highest BCUT2D eigenvalue weighted by atomic mass is 31.2. The maximum absolute atomic E-state index is 10.8. The lowest BCUT2D eigenvalue weighted by Gasteiger charge is -2.08. The molecular formula is C5H15NO4P+. The Balaban J connectivity index is 3.47. The minimum atomic E-state index is -3.74. The Kier molecular flexibility index (Phi) is 5.72. The van der Waals surface area contributed by atoms with Gasteiger partial charge in [-0.15, -0.1) is 0 Å². The first-order valence-corrected chi connectivity index (χ1v) is 5.01. The SMILES string of the molecule is CCOP(=O)(O)OCC[NH2+]C. The summed E-state index contributed by atoms with van der Waals surface area (Å²) in [6, 6.07) is 0. The number of quaternary nitrogens is 1. The Bertz CT molecular complexity index is 140. The van der Waals surface area contributed by atoms with Gasteiger partial charge in [0.15, 0.2) is 0 Å². The van der Waals surface area contributed by atoms with Crippen molar-refractivity contribution in [1.29, 1.82) is 0 Å². The summed E-state index contributed by atoms with van der Waals surface area (Å²) in [5.74, 6) is 0.